The lowest BCUT2D eigenvalue weighted by Crippen LogP contribution is -2.29. The fraction of sp³-hybridized carbons (Fsp3) is 0.348. The molecule has 3 rings (SSSR count). The fourth-order valence-corrected chi connectivity index (χ4v) is 4.07. The molecule has 0 amide bonds. The summed E-state index contributed by atoms with van der Waals surface area (Å²) in [5.41, 5.74) is 3.55. The molecule has 4 heteroatoms. The van der Waals surface area contributed by atoms with Crippen LogP contribution in [0, 0.1) is 11.7 Å². The Morgan fingerprint density at radius 2 is 2.00 bits per heavy atom. The van der Waals surface area contributed by atoms with Gasteiger partial charge in [0.05, 0.1) is 5.56 Å². The Kier molecular flexibility index (Phi) is 6.07. The van der Waals surface area contributed by atoms with Crippen molar-refractivity contribution in [3.63, 3.8) is 0 Å². The lowest BCUT2D eigenvalue weighted by molar-refractivity contribution is 0.0697. The first-order valence-corrected chi connectivity index (χ1v) is 9.35. The Labute approximate surface area is 160 Å². The molecule has 2 aromatic carbocycles. The van der Waals surface area contributed by atoms with E-state index in [0.717, 1.165) is 36.9 Å². The van der Waals surface area contributed by atoms with Gasteiger partial charge in [0, 0.05) is 6.54 Å². The van der Waals surface area contributed by atoms with Crippen molar-refractivity contribution in [2.24, 2.45) is 5.92 Å². The molecule has 0 unspecified atom stereocenters. The number of hydrogen-bond acceptors (Lipinski definition) is 2. The molecule has 2 atom stereocenters. The molecule has 0 aliphatic heterocycles. The van der Waals surface area contributed by atoms with Crippen molar-refractivity contribution in [3.8, 4) is 0 Å². The minimum Gasteiger partial charge on any atom is -0.478 e. The van der Waals surface area contributed by atoms with Crippen LogP contribution in [0.15, 0.2) is 54.1 Å². The molecule has 0 aromatic heterocycles. The number of halogens is 1. The predicted octanol–water partition coefficient (Wildman–Crippen LogP) is 5.05. The number of hydrogen-bond donors (Lipinski definition) is 1. The molecule has 0 radical (unpaired) electrons. The number of carboxylic acids is 1. The Bertz CT molecular complexity index is 844. The highest BCUT2D eigenvalue weighted by atomic mass is 19.1. The van der Waals surface area contributed by atoms with Gasteiger partial charge in [-0.05, 0) is 80.6 Å². The van der Waals surface area contributed by atoms with E-state index in [1.807, 2.05) is 12.1 Å². The molecule has 1 saturated carbocycles. The van der Waals surface area contributed by atoms with Crippen molar-refractivity contribution in [1.29, 1.82) is 0 Å². The highest BCUT2D eigenvalue weighted by molar-refractivity contribution is 5.88. The van der Waals surface area contributed by atoms with E-state index in [9.17, 15) is 14.3 Å². The Morgan fingerprint density at radius 3 is 2.70 bits per heavy atom. The predicted molar refractivity (Wildman–Crippen MR) is 106 cm³/mol. The molecule has 27 heavy (non-hydrogen) atoms. The third-order valence-electron chi connectivity index (χ3n) is 5.27. The van der Waals surface area contributed by atoms with Crippen LogP contribution in [0.4, 0.5) is 4.39 Å². The number of carbonyl (C=O) groups is 1. The molecular weight excluding hydrogens is 341 g/mol. The molecule has 142 valence electrons. The number of allylic oxidation sites excluding steroid dienone is 1. The highest BCUT2D eigenvalue weighted by Gasteiger charge is 2.29. The Hall–Kier alpha value is -2.46. The number of carboxylic acid groups (broad SMARTS) is 1. The largest absolute Gasteiger partial charge is 0.478 e. The van der Waals surface area contributed by atoms with Crippen LogP contribution in [0.5, 0.6) is 0 Å². The van der Waals surface area contributed by atoms with Gasteiger partial charge in [-0.15, -0.1) is 0 Å². The maximum absolute atomic E-state index is 13.8. The summed E-state index contributed by atoms with van der Waals surface area (Å²) in [6.07, 6.45) is 5.01. The number of rotatable bonds is 5. The van der Waals surface area contributed by atoms with Crippen LogP contribution in [0.25, 0.3) is 6.08 Å². The smallest absolute Gasteiger partial charge is 0.335 e. The first-order chi connectivity index (χ1) is 12.9. The van der Waals surface area contributed by atoms with Crippen LogP contribution in [-0.2, 0) is 0 Å². The molecule has 3 nitrogen and oxygen atoms in total. The zero-order valence-corrected chi connectivity index (χ0v) is 15.9. The third kappa shape index (κ3) is 5.04. The normalized spacial score (nSPS) is 21.6. The Balaban J connectivity index is 1.87. The maximum Gasteiger partial charge on any atom is 0.335 e. The maximum atomic E-state index is 13.8. The van der Waals surface area contributed by atoms with Crippen molar-refractivity contribution in [2.45, 2.75) is 25.2 Å². The summed E-state index contributed by atoms with van der Waals surface area (Å²) in [4.78, 5) is 13.4. The molecule has 0 heterocycles. The van der Waals surface area contributed by atoms with Crippen LogP contribution in [-0.4, -0.2) is 36.6 Å². The molecule has 1 aliphatic carbocycles. The van der Waals surface area contributed by atoms with Crippen molar-refractivity contribution in [1.82, 2.24) is 4.90 Å². The van der Waals surface area contributed by atoms with Crippen molar-refractivity contribution in [3.05, 3.63) is 76.6 Å². The van der Waals surface area contributed by atoms with Gasteiger partial charge in [0.15, 0.2) is 0 Å². The topological polar surface area (TPSA) is 40.5 Å². The zero-order valence-electron chi connectivity index (χ0n) is 15.9. The summed E-state index contributed by atoms with van der Waals surface area (Å²) in [5.74, 6) is -0.362. The van der Waals surface area contributed by atoms with Crippen LogP contribution in [0.3, 0.4) is 0 Å². The van der Waals surface area contributed by atoms with Crippen molar-refractivity contribution < 1.29 is 14.3 Å². The first-order valence-electron chi connectivity index (χ1n) is 9.35. The van der Waals surface area contributed by atoms with Crippen LogP contribution >= 0.6 is 0 Å². The summed E-state index contributed by atoms with van der Waals surface area (Å²) in [5, 5.41) is 9.19. The summed E-state index contributed by atoms with van der Waals surface area (Å²) < 4.78 is 13.8. The van der Waals surface area contributed by atoms with Gasteiger partial charge in [-0.25, -0.2) is 9.18 Å². The molecule has 1 aliphatic rings. The molecule has 0 spiro atoms. The molecule has 0 saturated heterocycles. The van der Waals surface area contributed by atoms with Crippen LogP contribution in [0.1, 0.15) is 46.7 Å². The second-order valence-electron chi connectivity index (χ2n) is 7.66. The molecule has 2 aromatic rings. The van der Waals surface area contributed by atoms with E-state index < -0.39 is 5.97 Å². The quantitative estimate of drug-likeness (QED) is 0.804. The zero-order chi connectivity index (χ0) is 19.4. The van der Waals surface area contributed by atoms with Crippen LogP contribution < -0.4 is 0 Å². The minimum absolute atomic E-state index is 0.193. The standard InChI is InChI=1S/C23H26FNO2/c1-25(2)15-20-10-9-17(11-16-5-3-7-19(12-16)23(26)27)13-22(20)18-6-4-8-21(24)14-18/h3-8,11-12,14,20,22H,9-10,13,15H2,1-2H3,(H,26,27)/b17-11+/t20-,22+/m0/s1. The van der Waals surface area contributed by atoms with E-state index in [2.05, 4.69) is 25.1 Å². The number of aromatic carboxylic acids is 1. The Morgan fingerprint density at radius 1 is 1.22 bits per heavy atom. The minimum atomic E-state index is -0.914. The second kappa shape index (κ2) is 8.49. The van der Waals surface area contributed by atoms with E-state index in [1.54, 1.807) is 30.3 Å². The summed E-state index contributed by atoms with van der Waals surface area (Å²) in [6, 6.07) is 14.0. The average molecular weight is 367 g/mol. The van der Waals surface area contributed by atoms with Gasteiger partial charge in [-0.3, -0.25) is 0 Å². The van der Waals surface area contributed by atoms with Gasteiger partial charge in [-0.1, -0.05) is 35.9 Å². The van der Waals surface area contributed by atoms with E-state index in [4.69, 9.17) is 0 Å². The van der Waals surface area contributed by atoms with E-state index in [0.29, 0.717) is 11.5 Å². The summed E-state index contributed by atoms with van der Waals surface area (Å²) in [7, 11) is 4.15. The molecule has 1 N–H and O–H groups in total. The second-order valence-corrected chi connectivity index (χ2v) is 7.66. The SMILES string of the molecule is CN(C)C[C@@H]1CC/C(=C\c2cccc(C(=O)O)c2)C[C@@H]1c1cccc(F)c1. The monoisotopic (exact) mass is 367 g/mol. The highest BCUT2D eigenvalue weighted by Crippen LogP contribution is 2.41. The number of benzene rings is 2. The van der Waals surface area contributed by atoms with E-state index >= 15 is 0 Å². The first kappa shape index (κ1) is 19.3. The van der Waals surface area contributed by atoms with E-state index in [-0.39, 0.29) is 11.7 Å². The van der Waals surface area contributed by atoms with Crippen molar-refractivity contribution >= 4 is 12.0 Å². The van der Waals surface area contributed by atoms with Gasteiger partial charge in [0.1, 0.15) is 5.82 Å². The lowest BCUT2D eigenvalue weighted by atomic mass is 9.73. The van der Waals surface area contributed by atoms with Gasteiger partial charge in [0.25, 0.3) is 0 Å². The van der Waals surface area contributed by atoms with Crippen LogP contribution in [0.2, 0.25) is 0 Å². The van der Waals surface area contributed by atoms with Gasteiger partial charge >= 0.3 is 5.97 Å². The number of nitrogens with zero attached hydrogens (tertiary/aromatic N) is 1. The van der Waals surface area contributed by atoms with Crippen molar-refractivity contribution in [2.75, 3.05) is 20.6 Å². The summed E-state index contributed by atoms with van der Waals surface area (Å²) in [6.45, 7) is 0.975. The third-order valence-corrected chi connectivity index (χ3v) is 5.27. The molecule has 1 fully saturated rings. The molecule has 0 bridgehead atoms. The average Bonchev–Trinajstić information content (AvgIpc) is 2.63. The fourth-order valence-electron chi connectivity index (χ4n) is 4.07. The van der Waals surface area contributed by atoms with E-state index in [1.165, 1.54) is 11.6 Å². The lowest BCUT2D eigenvalue weighted by Gasteiger charge is -2.35. The summed E-state index contributed by atoms with van der Waals surface area (Å²) >= 11 is 0. The van der Waals surface area contributed by atoms with Gasteiger partial charge in [-0.2, -0.15) is 0 Å². The van der Waals surface area contributed by atoms with Gasteiger partial charge < -0.3 is 10.0 Å². The molecular formula is C23H26FNO2. The van der Waals surface area contributed by atoms with Gasteiger partial charge in [0.2, 0.25) is 0 Å².